The van der Waals surface area contributed by atoms with Gasteiger partial charge in [0, 0.05) is 23.0 Å². The van der Waals surface area contributed by atoms with Crippen molar-refractivity contribution >= 4 is 11.6 Å². The van der Waals surface area contributed by atoms with Crippen LogP contribution in [0.15, 0.2) is 22.7 Å². The predicted molar refractivity (Wildman–Crippen MR) is 73.3 cm³/mol. The highest BCUT2D eigenvalue weighted by molar-refractivity contribution is 6.31. The van der Waals surface area contributed by atoms with E-state index in [0.717, 1.165) is 13.0 Å². The molecule has 4 nitrogen and oxygen atoms in total. The van der Waals surface area contributed by atoms with Gasteiger partial charge in [0.2, 0.25) is 5.89 Å². The molecule has 0 amide bonds. The van der Waals surface area contributed by atoms with Crippen LogP contribution in [-0.4, -0.2) is 22.7 Å². The molecule has 1 N–H and O–H groups in total. The van der Waals surface area contributed by atoms with Crippen LogP contribution in [0.4, 0.5) is 4.39 Å². The molecule has 2 aromatic rings. The van der Waals surface area contributed by atoms with Crippen molar-refractivity contribution in [3.63, 3.8) is 0 Å². The van der Waals surface area contributed by atoms with Crippen molar-refractivity contribution in [2.75, 3.05) is 6.54 Å². The number of hydrogen-bond acceptors (Lipinski definition) is 4. The van der Waals surface area contributed by atoms with Crippen molar-refractivity contribution in [2.45, 2.75) is 31.7 Å². The first kappa shape index (κ1) is 13.5. The molecule has 2 unspecified atom stereocenters. The van der Waals surface area contributed by atoms with Crippen molar-refractivity contribution in [3.8, 4) is 0 Å². The highest BCUT2D eigenvalue weighted by atomic mass is 35.5. The summed E-state index contributed by atoms with van der Waals surface area (Å²) in [5.74, 6) is 0.961. The van der Waals surface area contributed by atoms with Gasteiger partial charge in [-0.2, -0.15) is 4.98 Å². The predicted octanol–water partition coefficient (Wildman–Crippen LogP) is 2.92. The monoisotopic (exact) mass is 295 g/mol. The highest BCUT2D eigenvalue weighted by Crippen LogP contribution is 2.27. The fourth-order valence-electron chi connectivity index (χ4n) is 2.55. The van der Waals surface area contributed by atoms with Crippen LogP contribution in [0.3, 0.4) is 0 Å². The Morgan fingerprint density at radius 3 is 3.05 bits per heavy atom. The average molecular weight is 296 g/mol. The first-order valence-electron chi connectivity index (χ1n) is 6.64. The molecule has 1 aromatic heterocycles. The second-order valence-electron chi connectivity index (χ2n) is 5.06. The summed E-state index contributed by atoms with van der Waals surface area (Å²) < 4.78 is 19.0. The van der Waals surface area contributed by atoms with Crippen molar-refractivity contribution in [1.29, 1.82) is 0 Å². The lowest BCUT2D eigenvalue weighted by Gasteiger charge is -2.08. The van der Waals surface area contributed by atoms with E-state index >= 15 is 0 Å². The Labute approximate surface area is 121 Å². The first-order valence-corrected chi connectivity index (χ1v) is 7.01. The third-order valence-corrected chi connectivity index (χ3v) is 4.08. The minimum Gasteiger partial charge on any atom is -0.339 e. The van der Waals surface area contributed by atoms with Crippen molar-refractivity contribution in [1.82, 2.24) is 15.5 Å². The van der Waals surface area contributed by atoms with Crippen molar-refractivity contribution in [2.24, 2.45) is 0 Å². The van der Waals surface area contributed by atoms with Gasteiger partial charge < -0.3 is 9.84 Å². The molecular formula is C14H15ClFN3O. The molecule has 0 saturated carbocycles. The minimum atomic E-state index is -0.347. The maximum atomic E-state index is 13.7. The summed E-state index contributed by atoms with van der Waals surface area (Å²) >= 11 is 6.00. The zero-order valence-corrected chi connectivity index (χ0v) is 11.8. The van der Waals surface area contributed by atoms with Crippen LogP contribution < -0.4 is 5.32 Å². The summed E-state index contributed by atoms with van der Waals surface area (Å²) in [6, 6.07) is 4.93. The van der Waals surface area contributed by atoms with Crippen LogP contribution in [0.5, 0.6) is 0 Å². The zero-order valence-electron chi connectivity index (χ0n) is 11.1. The fraction of sp³-hybridized carbons (Fsp3) is 0.429. The standard InChI is InChI=1S/C14H15ClFN3O/c1-8-9(5-6-17-8)14-18-13(19-20-14)7-10-11(15)3-2-4-12(10)16/h2-4,8-9,17H,5-7H2,1H3. The Bertz CT molecular complexity index is 596. The number of aromatic nitrogens is 2. The number of hydrogen-bond donors (Lipinski definition) is 1. The summed E-state index contributed by atoms with van der Waals surface area (Å²) in [5.41, 5.74) is 0.402. The quantitative estimate of drug-likeness (QED) is 0.946. The smallest absolute Gasteiger partial charge is 0.231 e. The van der Waals surface area contributed by atoms with Gasteiger partial charge in [-0.05, 0) is 32.0 Å². The lowest BCUT2D eigenvalue weighted by Crippen LogP contribution is -2.21. The van der Waals surface area contributed by atoms with Crippen LogP contribution in [0, 0.1) is 5.82 Å². The summed E-state index contributed by atoms with van der Waals surface area (Å²) in [6.45, 7) is 3.04. The molecule has 1 fully saturated rings. The van der Waals surface area contributed by atoms with Gasteiger partial charge in [0.05, 0.1) is 5.92 Å². The number of halogens is 2. The van der Waals surface area contributed by atoms with E-state index in [1.807, 2.05) is 0 Å². The van der Waals surface area contributed by atoms with Gasteiger partial charge in [-0.3, -0.25) is 0 Å². The molecule has 0 spiro atoms. The molecule has 106 valence electrons. The van der Waals surface area contributed by atoms with Crippen LogP contribution in [0.1, 0.15) is 36.5 Å². The number of nitrogens with zero attached hydrogens (tertiary/aromatic N) is 2. The zero-order chi connectivity index (χ0) is 14.1. The minimum absolute atomic E-state index is 0.229. The normalized spacial score (nSPS) is 22.4. The van der Waals surface area contributed by atoms with Crippen LogP contribution in [-0.2, 0) is 6.42 Å². The third-order valence-electron chi connectivity index (χ3n) is 3.72. The van der Waals surface area contributed by atoms with E-state index in [-0.39, 0.29) is 18.2 Å². The first-order chi connectivity index (χ1) is 9.65. The summed E-state index contributed by atoms with van der Waals surface area (Å²) in [4.78, 5) is 4.38. The second-order valence-corrected chi connectivity index (χ2v) is 5.47. The van der Waals surface area contributed by atoms with Gasteiger partial charge in [0.25, 0.3) is 0 Å². The molecule has 3 rings (SSSR count). The molecule has 2 atom stereocenters. The molecule has 1 saturated heterocycles. The lowest BCUT2D eigenvalue weighted by molar-refractivity contribution is 0.342. The van der Waals surface area contributed by atoms with Crippen molar-refractivity contribution < 1.29 is 8.91 Å². The summed E-state index contributed by atoms with van der Waals surface area (Å²) in [6.07, 6.45) is 1.22. The second kappa shape index (κ2) is 5.50. The molecule has 1 aromatic carbocycles. The maximum Gasteiger partial charge on any atom is 0.231 e. The van der Waals surface area contributed by atoms with E-state index in [1.165, 1.54) is 6.07 Å². The Kier molecular flexibility index (Phi) is 3.72. The molecule has 0 bridgehead atoms. The number of nitrogens with one attached hydrogen (secondary N) is 1. The molecule has 6 heteroatoms. The van der Waals surface area contributed by atoms with Gasteiger partial charge in [-0.15, -0.1) is 0 Å². The van der Waals surface area contributed by atoms with Gasteiger partial charge in [0.1, 0.15) is 5.82 Å². The summed E-state index contributed by atoms with van der Waals surface area (Å²) in [5, 5.41) is 7.65. The van der Waals surface area contributed by atoms with E-state index in [0.29, 0.717) is 28.3 Å². The van der Waals surface area contributed by atoms with E-state index in [4.69, 9.17) is 16.1 Å². The van der Waals surface area contributed by atoms with E-state index in [9.17, 15) is 4.39 Å². The average Bonchev–Trinajstić information content (AvgIpc) is 3.02. The maximum absolute atomic E-state index is 13.7. The summed E-state index contributed by atoms with van der Waals surface area (Å²) in [7, 11) is 0. The van der Waals surface area contributed by atoms with Gasteiger partial charge in [-0.25, -0.2) is 4.39 Å². The highest BCUT2D eigenvalue weighted by Gasteiger charge is 2.29. The molecule has 0 radical (unpaired) electrons. The Morgan fingerprint density at radius 2 is 2.35 bits per heavy atom. The van der Waals surface area contributed by atoms with E-state index in [2.05, 4.69) is 22.4 Å². The molecule has 2 heterocycles. The molecule has 0 aliphatic carbocycles. The largest absolute Gasteiger partial charge is 0.339 e. The lowest BCUT2D eigenvalue weighted by atomic mass is 10.0. The SMILES string of the molecule is CC1NCCC1c1nc(Cc2c(F)cccc2Cl)no1. The third kappa shape index (κ3) is 2.55. The molecule has 1 aliphatic rings. The number of benzene rings is 1. The number of rotatable bonds is 3. The molecule has 1 aliphatic heterocycles. The topological polar surface area (TPSA) is 51.0 Å². The fourth-order valence-corrected chi connectivity index (χ4v) is 2.78. The van der Waals surface area contributed by atoms with Crippen molar-refractivity contribution in [3.05, 3.63) is 46.3 Å². The van der Waals surface area contributed by atoms with Gasteiger partial charge >= 0.3 is 0 Å². The van der Waals surface area contributed by atoms with Gasteiger partial charge in [-0.1, -0.05) is 22.8 Å². The van der Waals surface area contributed by atoms with Gasteiger partial charge in [0.15, 0.2) is 5.82 Å². The molecular weight excluding hydrogens is 281 g/mol. The molecule has 20 heavy (non-hydrogen) atoms. The Balaban J connectivity index is 1.81. The Morgan fingerprint density at radius 1 is 1.50 bits per heavy atom. The van der Waals surface area contributed by atoms with Crippen LogP contribution in [0.2, 0.25) is 5.02 Å². The Hall–Kier alpha value is -1.46. The van der Waals surface area contributed by atoms with Crippen LogP contribution in [0.25, 0.3) is 0 Å². The van der Waals surface area contributed by atoms with E-state index in [1.54, 1.807) is 12.1 Å². The van der Waals surface area contributed by atoms with Crippen LogP contribution >= 0.6 is 11.6 Å². The van der Waals surface area contributed by atoms with E-state index < -0.39 is 0 Å².